The molecule has 5 N–H and O–H groups in total. The number of urea groups is 1. The van der Waals surface area contributed by atoms with Gasteiger partial charge in [0.05, 0.1) is 6.61 Å². The third-order valence-electron chi connectivity index (χ3n) is 2.00. The number of nitrogens with one attached hydrogen (secondary N) is 2. The Morgan fingerprint density at radius 1 is 1.36 bits per heavy atom. The van der Waals surface area contributed by atoms with Crippen LogP contribution in [0, 0.1) is 0 Å². The van der Waals surface area contributed by atoms with E-state index >= 15 is 0 Å². The zero-order chi connectivity index (χ0) is 10.7. The first-order valence-electron chi connectivity index (χ1n) is 4.20. The smallest absolute Gasteiger partial charge is 0.316 e. The molecule has 0 radical (unpaired) electrons. The molecule has 1 aliphatic heterocycles. The van der Waals surface area contributed by atoms with Crippen LogP contribution in [0.4, 0.5) is 4.79 Å². The van der Waals surface area contributed by atoms with E-state index in [0.717, 1.165) is 0 Å². The fraction of sp³-hybridized carbons (Fsp3) is 0.857. The SMILES string of the molecule is CNC(=O)N[C@@H]1OC[C@@H](O)[C@@H](O)[C@H]1O. The standard InChI is InChI=1S/C7H14N2O5/c1-8-7(13)9-6-5(12)4(11)3(10)2-14-6/h3-6,10-12H,2H2,1H3,(H2,8,9,13)/t3-,4-,5-,6-/m1/s1. The molecule has 1 heterocycles. The lowest BCUT2D eigenvalue weighted by Gasteiger charge is -2.35. The second-order valence-electron chi connectivity index (χ2n) is 3.03. The molecule has 0 aromatic carbocycles. The number of carbonyl (C=O) groups is 1. The Labute approximate surface area is 80.7 Å². The molecule has 2 amide bonds. The van der Waals surface area contributed by atoms with Gasteiger partial charge in [0.2, 0.25) is 0 Å². The number of aliphatic hydroxyl groups excluding tert-OH is 3. The number of carbonyl (C=O) groups excluding carboxylic acids is 1. The summed E-state index contributed by atoms with van der Waals surface area (Å²) in [4.78, 5) is 10.9. The van der Waals surface area contributed by atoms with E-state index < -0.39 is 30.6 Å². The largest absolute Gasteiger partial charge is 0.388 e. The molecule has 0 spiro atoms. The second-order valence-corrected chi connectivity index (χ2v) is 3.03. The molecule has 1 aliphatic rings. The summed E-state index contributed by atoms with van der Waals surface area (Å²) in [6.07, 6.45) is -4.79. The summed E-state index contributed by atoms with van der Waals surface area (Å²) < 4.78 is 4.91. The molecule has 7 nitrogen and oxygen atoms in total. The summed E-state index contributed by atoms with van der Waals surface area (Å²) in [5, 5.41) is 32.3. The predicted molar refractivity (Wildman–Crippen MR) is 45.4 cm³/mol. The molecule has 1 rings (SSSR count). The Kier molecular flexibility index (Phi) is 3.64. The van der Waals surface area contributed by atoms with Gasteiger partial charge in [0.1, 0.15) is 18.3 Å². The molecule has 7 heteroatoms. The van der Waals surface area contributed by atoms with Crippen molar-refractivity contribution >= 4 is 6.03 Å². The molecule has 4 atom stereocenters. The van der Waals surface area contributed by atoms with Gasteiger partial charge in [-0.15, -0.1) is 0 Å². The molecule has 1 fully saturated rings. The van der Waals surface area contributed by atoms with Gasteiger partial charge >= 0.3 is 6.03 Å². The van der Waals surface area contributed by atoms with Crippen LogP contribution in [0.2, 0.25) is 0 Å². The number of aliphatic hydroxyl groups is 3. The maximum atomic E-state index is 10.9. The van der Waals surface area contributed by atoms with Crippen LogP contribution < -0.4 is 10.6 Å². The first-order chi connectivity index (χ1) is 6.56. The quantitative estimate of drug-likeness (QED) is 0.322. The summed E-state index contributed by atoms with van der Waals surface area (Å²) in [6, 6.07) is -0.530. The molecule has 14 heavy (non-hydrogen) atoms. The van der Waals surface area contributed by atoms with Crippen LogP contribution >= 0.6 is 0 Å². The van der Waals surface area contributed by atoms with E-state index in [9.17, 15) is 15.0 Å². The lowest BCUT2D eigenvalue weighted by molar-refractivity contribution is -0.191. The van der Waals surface area contributed by atoms with E-state index in [0.29, 0.717) is 0 Å². The third-order valence-corrected chi connectivity index (χ3v) is 2.00. The highest BCUT2D eigenvalue weighted by Crippen LogP contribution is 2.13. The fourth-order valence-corrected chi connectivity index (χ4v) is 1.13. The lowest BCUT2D eigenvalue weighted by Crippen LogP contribution is -2.59. The molecule has 0 aromatic heterocycles. The van der Waals surface area contributed by atoms with E-state index in [1.807, 2.05) is 0 Å². The third kappa shape index (κ3) is 2.32. The van der Waals surface area contributed by atoms with Crippen molar-refractivity contribution in [1.82, 2.24) is 10.6 Å². The highest BCUT2D eigenvalue weighted by Gasteiger charge is 2.38. The van der Waals surface area contributed by atoms with Gasteiger partial charge in [-0.1, -0.05) is 0 Å². The summed E-state index contributed by atoms with van der Waals surface area (Å²) in [7, 11) is 1.41. The van der Waals surface area contributed by atoms with Crippen LogP contribution in [-0.2, 0) is 4.74 Å². The number of rotatable bonds is 1. The fourth-order valence-electron chi connectivity index (χ4n) is 1.13. The Balaban J connectivity index is 2.50. The minimum Gasteiger partial charge on any atom is -0.388 e. The maximum absolute atomic E-state index is 10.9. The average Bonchev–Trinajstić information content (AvgIpc) is 2.19. The summed E-state index contributed by atoms with van der Waals surface area (Å²) in [6.45, 7) is -0.132. The van der Waals surface area contributed by atoms with Crippen molar-refractivity contribution in [3.63, 3.8) is 0 Å². The van der Waals surface area contributed by atoms with Crippen molar-refractivity contribution in [1.29, 1.82) is 0 Å². The molecule has 0 aliphatic carbocycles. The van der Waals surface area contributed by atoms with Gasteiger partial charge in [0.25, 0.3) is 0 Å². The molecule has 0 bridgehead atoms. The van der Waals surface area contributed by atoms with E-state index in [1.54, 1.807) is 0 Å². The molecule has 0 unspecified atom stereocenters. The van der Waals surface area contributed by atoms with Crippen LogP contribution in [0.15, 0.2) is 0 Å². The van der Waals surface area contributed by atoms with Gasteiger partial charge in [-0.3, -0.25) is 0 Å². The summed E-state index contributed by atoms with van der Waals surface area (Å²) in [5.41, 5.74) is 0. The first-order valence-corrected chi connectivity index (χ1v) is 4.20. The Hall–Kier alpha value is -0.890. The highest BCUT2D eigenvalue weighted by molar-refractivity contribution is 5.73. The van der Waals surface area contributed by atoms with Crippen LogP contribution in [0.3, 0.4) is 0 Å². The van der Waals surface area contributed by atoms with E-state index in [-0.39, 0.29) is 6.61 Å². The van der Waals surface area contributed by atoms with Gasteiger partial charge in [-0.25, -0.2) is 4.79 Å². The molecule has 82 valence electrons. The summed E-state index contributed by atoms with van der Waals surface area (Å²) >= 11 is 0. The van der Waals surface area contributed by atoms with E-state index in [2.05, 4.69) is 10.6 Å². The van der Waals surface area contributed by atoms with Gasteiger partial charge in [-0.05, 0) is 0 Å². The van der Waals surface area contributed by atoms with Crippen molar-refractivity contribution in [3.05, 3.63) is 0 Å². The van der Waals surface area contributed by atoms with Crippen molar-refractivity contribution in [2.24, 2.45) is 0 Å². The van der Waals surface area contributed by atoms with Gasteiger partial charge < -0.3 is 30.7 Å². The first kappa shape index (κ1) is 11.2. The Morgan fingerprint density at radius 3 is 2.57 bits per heavy atom. The van der Waals surface area contributed by atoms with Crippen LogP contribution in [0.25, 0.3) is 0 Å². The van der Waals surface area contributed by atoms with Gasteiger partial charge in [0.15, 0.2) is 6.23 Å². The van der Waals surface area contributed by atoms with Gasteiger partial charge in [-0.2, -0.15) is 0 Å². The number of hydrogen-bond acceptors (Lipinski definition) is 5. The minimum atomic E-state index is -1.34. The zero-order valence-corrected chi connectivity index (χ0v) is 7.67. The highest BCUT2D eigenvalue weighted by atomic mass is 16.5. The summed E-state index contributed by atoms with van der Waals surface area (Å²) in [5.74, 6) is 0. The van der Waals surface area contributed by atoms with Crippen molar-refractivity contribution < 1.29 is 24.9 Å². The minimum absolute atomic E-state index is 0.132. The number of hydrogen-bond donors (Lipinski definition) is 5. The van der Waals surface area contributed by atoms with E-state index in [1.165, 1.54) is 7.05 Å². The Bertz CT molecular complexity index is 212. The second kappa shape index (κ2) is 4.56. The van der Waals surface area contributed by atoms with E-state index in [4.69, 9.17) is 9.84 Å². The molecule has 0 saturated carbocycles. The average molecular weight is 206 g/mol. The topological polar surface area (TPSA) is 111 Å². The molecule has 1 saturated heterocycles. The van der Waals surface area contributed by atoms with Crippen molar-refractivity contribution in [2.75, 3.05) is 13.7 Å². The van der Waals surface area contributed by atoms with Crippen LogP contribution in [-0.4, -0.2) is 59.5 Å². The Morgan fingerprint density at radius 2 is 2.00 bits per heavy atom. The van der Waals surface area contributed by atoms with Crippen LogP contribution in [0.1, 0.15) is 0 Å². The lowest BCUT2D eigenvalue weighted by atomic mass is 10.0. The number of amides is 2. The van der Waals surface area contributed by atoms with Crippen LogP contribution in [0.5, 0.6) is 0 Å². The zero-order valence-electron chi connectivity index (χ0n) is 7.67. The molecule has 0 aromatic rings. The predicted octanol–water partition coefficient (Wildman–Crippen LogP) is -2.65. The van der Waals surface area contributed by atoms with Gasteiger partial charge in [0, 0.05) is 7.05 Å². The molecular weight excluding hydrogens is 192 g/mol. The molecular formula is C7H14N2O5. The number of ether oxygens (including phenoxy) is 1. The monoisotopic (exact) mass is 206 g/mol. The van der Waals surface area contributed by atoms with Crippen molar-refractivity contribution in [3.8, 4) is 0 Å². The maximum Gasteiger partial charge on any atom is 0.316 e. The normalized spacial score (nSPS) is 37.7. The van der Waals surface area contributed by atoms with Crippen molar-refractivity contribution in [2.45, 2.75) is 24.5 Å².